The standard InChI is InChI=1S/C15H21O7P/c1-10(16)11-5-6-13-12(7-11)8-14(15(2,3)22-13)20-9-21-23(17,18)19-4/h5-7,14H,8-9H2,1-4H3,(H,17,18). The van der Waals surface area contributed by atoms with Crippen molar-refractivity contribution in [3.63, 3.8) is 0 Å². The number of hydrogen-bond donors (Lipinski definition) is 1. The summed E-state index contributed by atoms with van der Waals surface area (Å²) in [4.78, 5) is 20.7. The maximum atomic E-state index is 11.5. The van der Waals surface area contributed by atoms with E-state index in [-0.39, 0.29) is 5.78 Å². The number of Topliss-reactive ketones (excluding diaryl/α,β-unsaturated/α-hetero) is 1. The first-order chi connectivity index (χ1) is 10.6. The first kappa shape index (κ1) is 18.1. The minimum atomic E-state index is -4.08. The Morgan fingerprint density at radius 2 is 2.17 bits per heavy atom. The average molecular weight is 344 g/mol. The molecule has 1 N–H and O–H groups in total. The molecule has 0 spiro atoms. The highest BCUT2D eigenvalue weighted by Crippen LogP contribution is 2.42. The third kappa shape index (κ3) is 4.40. The molecule has 0 radical (unpaired) electrons. The molecule has 2 unspecified atom stereocenters. The van der Waals surface area contributed by atoms with Crippen LogP contribution in [0.1, 0.15) is 36.7 Å². The molecule has 0 bridgehead atoms. The Hall–Kier alpha value is -1.24. The van der Waals surface area contributed by atoms with Gasteiger partial charge in [0.25, 0.3) is 0 Å². The fourth-order valence-corrected chi connectivity index (χ4v) is 2.64. The SMILES string of the molecule is COP(=O)(O)OCOC1Cc2cc(C(C)=O)ccc2OC1(C)C. The van der Waals surface area contributed by atoms with Gasteiger partial charge in [0.2, 0.25) is 0 Å². The minimum Gasteiger partial charge on any atom is -0.485 e. The molecule has 1 aromatic carbocycles. The van der Waals surface area contributed by atoms with Crippen molar-refractivity contribution in [1.29, 1.82) is 0 Å². The monoisotopic (exact) mass is 344 g/mol. The predicted octanol–water partition coefficient (Wildman–Crippen LogP) is 2.71. The molecule has 8 heteroatoms. The van der Waals surface area contributed by atoms with Crippen LogP contribution < -0.4 is 4.74 Å². The number of phosphoric ester groups is 1. The second-order valence-corrected chi connectivity index (χ2v) is 7.40. The van der Waals surface area contributed by atoms with Gasteiger partial charge in [-0.05, 0) is 44.5 Å². The van der Waals surface area contributed by atoms with Gasteiger partial charge < -0.3 is 14.4 Å². The molecule has 1 heterocycles. The highest BCUT2D eigenvalue weighted by atomic mass is 31.2. The third-order valence-electron chi connectivity index (χ3n) is 3.74. The number of hydrogen-bond acceptors (Lipinski definition) is 6. The zero-order chi connectivity index (χ0) is 17.3. The van der Waals surface area contributed by atoms with E-state index in [1.54, 1.807) is 18.2 Å². The molecular weight excluding hydrogens is 323 g/mol. The van der Waals surface area contributed by atoms with Gasteiger partial charge in [-0.3, -0.25) is 13.8 Å². The summed E-state index contributed by atoms with van der Waals surface area (Å²) in [5.41, 5.74) is 0.794. The molecule has 1 aromatic rings. The van der Waals surface area contributed by atoms with E-state index < -0.39 is 26.3 Å². The van der Waals surface area contributed by atoms with Crippen molar-refractivity contribution < 1.29 is 32.8 Å². The zero-order valence-corrected chi connectivity index (χ0v) is 14.5. The van der Waals surface area contributed by atoms with Crippen molar-refractivity contribution in [1.82, 2.24) is 0 Å². The highest BCUT2D eigenvalue weighted by molar-refractivity contribution is 7.47. The normalized spacial score (nSPS) is 21.9. The summed E-state index contributed by atoms with van der Waals surface area (Å²) in [6, 6.07) is 5.27. The van der Waals surface area contributed by atoms with Crippen molar-refractivity contribution in [2.45, 2.75) is 38.9 Å². The van der Waals surface area contributed by atoms with Gasteiger partial charge in [0.1, 0.15) is 17.5 Å². The van der Waals surface area contributed by atoms with Gasteiger partial charge in [0, 0.05) is 19.1 Å². The van der Waals surface area contributed by atoms with E-state index in [2.05, 4.69) is 9.05 Å². The molecule has 0 aromatic heterocycles. The van der Waals surface area contributed by atoms with Crippen molar-refractivity contribution in [3.8, 4) is 5.75 Å². The number of rotatable bonds is 6. The first-order valence-corrected chi connectivity index (χ1v) is 8.62. The number of benzene rings is 1. The topological polar surface area (TPSA) is 91.3 Å². The summed E-state index contributed by atoms with van der Waals surface area (Å²) < 4.78 is 31.7. The summed E-state index contributed by atoms with van der Waals surface area (Å²) in [5.74, 6) is 0.672. The number of fused-ring (bicyclic) bond motifs is 1. The highest BCUT2D eigenvalue weighted by Gasteiger charge is 2.38. The molecular formula is C15H21O7P. The van der Waals surface area contributed by atoms with Crippen LogP contribution in [0.3, 0.4) is 0 Å². The maximum absolute atomic E-state index is 11.5. The van der Waals surface area contributed by atoms with Gasteiger partial charge in [-0.25, -0.2) is 4.57 Å². The Balaban J connectivity index is 2.11. The molecule has 0 fully saturated rings. The molecule has 128 valence electrons. The van der Waals surface area contributed by atoms with E-state index in [0.717, 1.165) is 12.7 Å². The number of phosphoric acid groups is 1. The van der Waals surface area contributed by atoms with Gasteiger partial charge >= 0.3 is 7.82 Å². The van der Waals surface area contributed by atoms with Crippen LogP contribution in [0.25, 0.3) is 0 Å². The Labute approximate surface area is 135 Å². The van der Waals surface area contributed by atoms with Crippen LogP contribution in [-0.2, 0) is 24.8 Å². The van der Waals surface area contributed by atoms with Crippen LogP contribution in [0.5, 0.6) is 5.75 Å². The zero-order valence-electron chi connectivity index (χ0n) is 13.6. The molecule has 0 saturated heterocycles. The second-order valence-electron chi connectivity index (χ2n) is 5.84. The Morgan fingerprint density at radius 1 is 1.48 bits per heavy atom. The summed E-state index contributed by atoms with van der Waals surface area (Å²) in [6.45, 7) is 4.81. The van der Waals surface area contributed by atoms with Crippen molar-refractivity contribution in [2.24, 2.45) is 0 Å². The van der Waals surface area contributed by atoms with Gasteiger partial charge in [0.15, 0.2) is 12.6 Å². The van der Waals surface area contributed by atoms with Crippen molar-refractivity contribution in [2.75, 3.05) is 13.9 Å². The fourth-order valence-electron chi connectivity index (χ4n) is 2.34. The van der Waals surface area contributed by atoms with E-state index in [9.17, 15) is 14.3 Å². The lowest BCUT2D eigenvalue weighted by atomic mass is 9.90. The number of ether oxygens (including phenoxy) is 2. The molecule has 23 heavy (non-hydrogen) atoms. The first-order valence-electron chi connectivity index (χ1n) is 7.12. The van der Waals surface area contributed by atoms with Crippen LogP contribution in [0.2, 0.25) is 0 Å². The molecule has 0 amide bonds. The fraction of sp³-hybridized carbons (Fsp3) is 0.533. The quantitative estimate of drug-likeness (QED) is 0.482. The summed E-state index contributed by atoms with van der Waals surface area (Å²) >= 11 is 0. The van der Waals surface area contributed by atoms with Crippen LogP contribution in [0.4, 0.5) is 0 Å². The number of carbonyl (C=O) groups excluding carboxylic acids is 1. The molecule has 0 aliphatic carbocycles. The van der Waals surface area contributed by atoms with Crippen molar-refractivity contribution in [3.05, 3.63) is 29.3 Å². The third-order valence-corrected chi connectivity index (χ3v) is 4.63. The Kier molecular flexibility index (Phi) is 5.28. The minimum absolute atomic E-state index is 0.0280. The van der Waals surface area contributed by atoms with Crippen LogP contribution in [-0.4, -0.2) is 36.3 Å². The van der Waals surface area contributed by atoms with E-state index in [1.165, 1.54) is 6.92 Å². The van der Waals surface area contributed by atoms with E-state index in [1.807, 2.05) is 13.8 Å². The largest absolute Gasteiger partial charge is 0.485 e. The summed E-state index contributed by atoms with van der Waals surface area (Å²) in [7, 11) is -3.00. The van der Waals surface area contributed by atoms with Gasteiger partial charge in [-0.2, -0.15) is 0 Å². The Morgan fingerprint density at radius 3 is 2.78 bits per heavy atom. The molecule has 2 rings (SSSR count). The van der Waals surface area contributed by atoms with Crippen LogP contribution in [0.15, 0.2) is 18.2 Å². The van der Waals surface area contributed by atoms with Gasteiger partial charge in [-0.1, -0.05) is 0 Å². The average Bonchev–Trinajstić information content (AvgIpc) is 2.46. The van der Waals surface area contributed by atoms with E-state index >= 15 is 0 Å². The number of carbonyl (C=O) groups is 1. The summed E-state index contributed by atoms with van der Waals surface area (Å²) in [6.07, 6.45) is 0.0873. The predicted molar refractivity (Wildman–Crippen MR) is 82.5 cm³/mol. The lowest BCUT2D eigenvalue weighted by molar-refractivity contribution is -0.126. The van der Waals surface area contributed by atoms with E-state index in [4.69, 9.17) is 9.47 Å². The lowest BCUT2D eigenvalue weighted by Gasteiger charge is -2.39. The molecule has 7 nitrogen and oxygen atoms in total. The van der Waals surface area contributed by atoms with Crippen LogP contribution >= 0.6 is 7.82 Å². The Bertz CT molecular complexity index is 641. The molecule has 2 atom stereocenters. The van der Waals surface area contributed by atoms with Crippen LogP contribution in [0, 0.1) is 0 Å². The molecule has 1 aliphatic heterocycles. The summed E-state index contributed by atoms with van der Waals surface area (Å²) in [5, 5.41) is 0. The molecule has 1 aliphatic rings. The second kappa shape index (κ2) is 6.71. The lowest BCUT2D eigenvalue weighted by Crippen LogP contribution is -2.48. The van der Waals surface area contributed by atoms with Crippen molar-refractivity contribution >= 4 is 13.6 Å². The number of ketones is 1. The maximum Gasteiger partial charge on any atom is 0.474 e. The van der Waals surface area contributed by atoms with Gasteiger partial charge in [0.05, 0.1) is 0 Å². The van der Waals surface area contributed by atoms with Gasteiger partial charge in [-0.15, -0.1) is 0 Å². The smallest absolute Gasteiger partial charge is 0.474 e. The van der Waals surface area contributed by atoms with E-state index in [0.29, 0.717) is 17.7 Å². The molecule has 0 saturated carbocycles.